The van der Waals surface area contributed by atoms with Gasteiger partial charge in [-0.25, -0.2) is 9.22 Å². The molecule has 2 aromatic carbocycles. The molecule has 150 valence electrons. The first-order valence-corrected chi connectivity index (χ1v) is 11.1. The van der Waals surface area contributed by atoms with Crippen molar-refractivity contribution in [3.05, 3.63) is 71.7 Å². The Hall–Kier alpha value is -2.80. The van der Waals surface area contributed by atoms with Gasteiger partial charge in [0.1, 0.15) is 5.82 Å². The van der Waals surface area contributed by atoms with Gasteiger partial charge in [0.25, 0.3) is 10.0 Å². The van der Waals surface area contributed by atoms with Crippen LogP contribution in [-0.2, 0) is 10.0 Å². The van der Waals surface area contributed by atoms with Crippen LogP contribution >= 0.6 is 0 Å². The number of halogens is 1. The predicted molar refractivity (Wildman–Crippen MR) is 112 cm³/mol. The molecule has 7 heteroatoms. The van der Waals surface area contributed by atoms with Crippen LogP contribution in [0.5, 0.6) is 0 Å². The lowest BCUT2D eigenvalue weighted by molar-refractivity contribution is 0.562. The zero-order valence-corrected chi connectivity index (χ0v) is 16.9. The van der Waals surface area contributed by atoms with Gasteiger partial charge in [0.05, 0.1) is 10.4 Å². The third-order valence-corrected chi connectivity index (χ3v) is 6.62. The Labute approximate surface area is 169 Å². The Morgan fingerprint density at radius 1 is 1.07 bits per heavy atom. The molecule has 1 aliphatic rings. The summed E-state index contributed by atoms with van der Waals surface area (Å²) in [5.74, 6) is 0.00489. The minimum Gasteiger partial charge on any atom is -0.256 e. The number of fused-ring (bicyclic) bond motifs is 1. The maximum atomic E-state index is 13.7. The summed E-state index contributed by atoms with van der Waals surface area (Å²) in [7, 11) is -3.66. The van der Waals surface area contributed by atoms with Gasteiger partial charge in [-0.2, -0.15) is 13.5 Å². The fourth-order valence-corrected chi connectivity index (χ4v) is 4.61. The van der Waals surface area contributed by atoms with E-state index in [1.165, 1.54) is 12.1 Å². The number of hydrogen-bond donors (Lipinski definition) is 1. The van der Waals surface area contributed by atoms with Crippen LogP contribution in [0.3, 0.4) is 0 Å². The number of sulfonamides is 1. The molecule has 0 atom stereocenters. The molecule has 0 radical (unpaired) electrons. The van der Waals surface area contributed by atoms with Crippen molar-refractivity contribution in [2.75, 3.05) is 0 Å². The molecule has 0 unspecified atom stereocenters. The number of pyridine rings is 1. The molecule has 3 aromatic rings. The lowest BCUT2D eigenvalue weighted by atomic mass is 9.82. The summed E-state index contributed by atoms with van der Waals surface area (Å²) >= 11 is 0. The third kappa shape index (κ3) is 4.29. The summed E-state index contributed by atoms with van der Waals surface area (Å²) in [6.45, 7) is 1.91. The van der Waals surface area contributed by atoms with Crippen molar-refractivity contribution in [2.24, 2.45) is 5.10 Å². The van der Waals surface area contributed by atoms with Crippen LogP contribution in [0.4, 0.5) is 4.39 Å². The maximum absolute atomic E-state index is 13.7. The van der Waals surface area contributed by atoms with Gasteiger partial charge >= 0.3 is 0 Å². The second-order valence-corrected chi connectivity index (χ2v) is 9.08. The highest BCUT2D eigenvalue weighted by Gasteiger charge is 2.22. The van der Waals surface area contributed by atoms with E-state index in [1.807, 2.05) is 13.0 Å². The standard InChI is InChI=1S/C22H22FN3O2S/c1-15-2-9-19(10-3-15)29(27,28)26-25-18-7-4-16(5-8-18)20-12-13-24-22-11-6-17(23)14-21(20)22/h2-3,6,9-14,16,26H,4-5,7-8H2,1H3. The Morgan fingerprint density at radius 3 is 2.52 bits per heavy atom. The molecular formula is C22H22FN3O2S. The van der Waals surface area contributed by atoms with Gasteiger partial charge in [-0.3, -0.25) is 4.98 Å². The van der Waals surface area contributed by atoms with E-state index in [0.717, 1.165) is 40.6 Å². The Balaban J connectivity index is 1.46. The number of nitrogens with zero attached hydrogens (tertiary/aromatic N) is 2. The first-order chi connectivity index (χ1) is 13.9. The van der Waals surface area contributed by atoms with Crippen LogP contribution in [0.25, 0.3) is 10.9 Å². The van der Waals surface area contributed by atoms with E-state index < -0.39 is 10.0 Å². The number of aryl methyl sites for hydroxylation is 1. The third-order valence-electron chi connectivity index (χ3n) is 5.40. The van der Waals surface area contributed by atoms with Crippen LogP contribution in [0, 0.1) is 12.7 Å². The minimum atomic E-state index is -3.66. The molecule has 0 spiro atoms. The Morgan fingerprint density at radius 2 is 1.79 bits per heavy atom. The fourth-order valence-electron chi connectivity index (χ4n) is 3.76. The van der Waals surface area contributed by atoms with Gasteiger partial charge < -0.3 is 0 Å². The largest absolute Gasteiger partial charge is 0.276 e. The number of nitrogens with one attached hydrogen (secondary N) is 1. The minimum absolute atomic E-state index is 0.200. The summed E-state index contributed by atoms with van der Waals surface area (Å²) in [6, 6.07) is 13.3. The molecule has 0 amide bonds. The van der Waals surface area contributed by atoms with Crippen LogP contribution in [0.2, 0.25) is 0 Å². The molecule has 1 aliphatic carbocycles. The molecule has 29 heavy (non-hydrogen) atoms. The summed E-state index contributed by atoms with van der Waals surface area (Å²) in [5, 5.41) is 5.01. The Bertz CT molecular complexity index is 1160. The molecule has 1 saturated carbocycles. The fraction of sp³-hybridized carbons (Fsp3) is 0.273. The zero-order valence-electron chi connectivity index (χ0n) is 16.1. The van der Waals surface area contributed by atoms with E-state index in [0.29, 0.717) is 12.8 Å². The van der Waals surface area contributed by atoms with E-state index in [1.54, 1.807) is 36.5 Å². The normalized spacial score (nSPS) is 17.3. The SMILES string of the molecule is Cc1ccc(S(=O)(=O)NN=C2CCC(c3ccnc4ccc(F)cc34)CC2)cc1. The first kappa shape index (κ1) is 19.5. The van der Waals surface area contributed by atoms with Gasteiger partial charge in [-0.1, -0.05) is 17.7 Å². The average molecular weight is 412 g/mol. The molecule has 0 aliphatic heterocycles. The highest BCUT2D eigenvalue weighted by molar-refractivity contribution is 7.89. The first-order valence-electron chi connectivity index (χ1n) is 9.60. The second-order valence-electron chi connectivity index (χ2n) is 7.42. The van der Waals surface area contributed by atoms with Crippen molar-refractivity contribution < 1.29 is 12.8 Å². The van der Waals surface area contributed by atoms with Gasteiger partial charge in [-0.05, 0) is 80.5 Å². The van der Waals surface area contributed by atoms with Gasteiger partial charge in [0, 0.05) is 17.3 Å². The van der Waals surface area contributed by atoms with Crippen molar-refractivity contribution >= 4 is 26.6 Å². The number of benzene rings is 2. The molecular weight excluding hydrogens is 389 g/mol. The summed E-state index contributed by atoms with van der Waals surface area (Å²) < 4.78 is 38.5. The highest BCUT2D eigenvalue weighted by Crippen LogP contribution is 2.35. The number of hydrogen-bond acceptors (Lipinski definition) is 4. The number of aromatic nitrogens is 1. The average Bonchev–Trinajstić information content (AvgIpc) is 2.73. The van der Waals surface area contributed by atoms with E-state index >= 15 is 0 Å². The quantitative estimate of drug-likeness (QED) is 0.634. The second kappa shape index (κ2) is 7.91. The number of rotatable bonds is 4. The highest BCUT2D eigenvalue weighted by atomic mass is 32.2. The molecule has 4 rings (SSSR count). The van der Waals surface area contributed by atoms with Crippen LogP contribution < -0.4 is 4.83 Å². The van der Waals surface area contributed by atoms with E-state index in [9.17, 15) is 12.8 Å². The predicted octanol–water partition coefficient (Wildman–Crippen LogP) is 4.67. The van der Waals surface area contributed by atoms with Crippen molar-refractivity contribution in [1.82, 2.24) is 9.82 Å². The molecule has 5 nitrogen and oxygen atoms in total. The van der Waals surface area contributed by atoms with E-state index in [-0.39, 0.29) is 16.6 Å². The molecule has 1 heterocycles. The lowest BCUT2D eigenvalue weighted by Gasteiger charge is -2.24. The molecule has 1 N–H and O–H groups in total. The summed E-state index contributed by atoms with van der Waals surface area (Å²) in [4.78, 5) is 6.87. The number of hydrazone groups is 1. The maximum Gasteiger partial charge on any atom is 0.276 e. The van der Waals surface area contributed by atoms with Gasteiger partial charge in [-0.15, -0.1) is 0 Å². The van der Waals surface area contributed by atoms with Crippen molar-refractivity contribution in [2.45, 2.75) is 43.4 Å². The van der Waals surface area contributed by atoms with Crippen LogP contribution in [0.1, 0.15) is 42.7 Å². The van der Waals surface area contributed by atoms with E-state index in [2.05, 4.69) is 14.9 Å². The molecule has 0 saturated heterocycles. The van der Waals surface area contributed by atoms with E-state index in [4.69, 9.17) is 0 Å². The molecule has 1 aromatic heterocycles. The van der Waals surface area contributed by atoms with Crippen LogP contribution in [-0.4, -0.2) is 19.1 Å². The van der Waals surface area contributed by atoms with Gasteiger partial charge in [0.2, 0.25) is 0 Å². The lowest BCUT2D eigenvalue weighted by Crippen LogP contribution is -2.22. The van der Waals surface area contributed by atoms with Crippen LogP contribution in [0.15, 0.2) is 64.7 Å². The van der Waals surface area contributed by atoms with Crippen molar-refractivity contribution in [3.63, 3.8) is 0 Å². The van der Waals surface area contributed by atoms with Gasteiger partial charge in [0.15, 0.2) is 0 Å². The summed E-state index contributed by atoms with van der Waals surface area (Å²) in [5.41, 5.74) is 3.71. The molecule has 1 fully saturated rings. The van der Waals surface area contributed by atoms with Crippen molar-refractivity contribution in [3.8, 4) is 0 Å². The summed E-state index contributed by atoms with van der Waals surface area (Å²) in [6.07, 6.45) is 4.82. The Kier molecular flexibility index (Phi) is 5.32. The van der Waals surface area contributed by atoms with Crippen molar-refractivity contribution in [1.29, 1.82) is 0 Å². The zero-order chi connectivity index (χ0) is 20.4. The topological polar surface area (TPSA) is 71.4 Å². The molecule has 0 bridgehead atoms. The smallest absolute Gasteiger partial charge is 0.256 e. The monoisotopic (exact) mass is 411 g/mol.